The topological polar surface area (TPSA) is 127 Å². The molecular formula is C9H12O8. The van der Waals surface area contributed by atoms with Gasteiger partial charge in [-0.05, 0) is 0 Å². The molecule has 0 aliphatic rings. The van der Waals surface area contributed by atoms with E-state index in [0.29, 0.717) is 0 Å². The Hall–Kier alpha value is -2.12. The quantitative estimate of drug-likeness (QED) is 0.484. The van der Waals surface area contributed by atoms with E-state index in [1.165, 1.54) is 0 Å². The van der Waals surface area contributed by atoms with Crippen LogP contribution in [0.3, 0.4) is 0 Å². The van der Waals surface area contributed by atoms with Crippen molar-refractivity contribution in [3.05, 3.63) is 0 Å². The second kappa shape index (κ2) is 7.20. The maximum Gasteiger partial charge on any atom is 0.304 e. The first kappa shape index (κ1) is 14.9. The number of hydrogen-bond acceptors (Lipinski definition) is 6. The Bertz CT molecular complexity index is 267. The fraction of sp³-hybridized carbons (Fsp3) is 0.556. The molecule has 0 amide bonds. The molecule has 0 fully saturated rings. The molecule has 0 unspecified atom stereocenters. The zero-order chi connectivity index (χ0) is 13.3. The minimum Gasteiger partial charge on any atom is -0.481 e. The lowest BCUT2D eigenvalue weighted by Crippen LogP contribution is -2.37. The Morgan fingerprint density at radius 2 is 1.29 bits per heavy atom. The SMILES string of the molecule is O=COCC(COC=O)(CC(=O)O)CC(=O)O. The molecule has 0 spiro atoms. The second-order valence-corrected chi connectivity index (χ2v) is 3.46. The summed E-state index contributed by atoms with van der Waals surface area (Å²) in [6, 6.07) is 0. The highest BCUT2D eigenvalue weighted by atomic mass is 16.5. The van der Waals surface area contributed by atoms with Crippen LogP contribution >= 0.6 is 0 Å². The minimum atomic E-state index is -1.46. The highest BCUT2D eigenvalue weighted by Crippen LogP contribution is 2.27. The first-order valence-electron chi connectivity index (χ1n) is 4.50. The number of rotatable bonds is 10. The lowest BCUT2D eigenvalue weighted by atomic mass is 9.82. The summed E-state index contributed by atoms with van der Waals surface area (Å²) in [6.45, 7) is -0.773. The molecule has 0 bridgehead atoms. The molecule has 0 atom stereocenters. The molecule has 0 aromatic carbocycles. The first-order valence-corrected chi connectivity index (χ1v) is 4.50. The van der Waals surface area contributed by atoms with Gasteiger partial charge in [0.25, 0.3) is 12.9 Å². The molecule has 0 saturated carbocycles. The van der Waals surface area contributed by atoms with Crippen LogP contribution in [0.15, 0.2) is 0 Å². The Morgan fingerprint density at radius 3 is 1.53 bits per heavy atom. The van der Waals surface area contributed by atoms with E-state index in [2.05, 4.69) is 9.47 Å². The molecule has 0 aromatic rings. The van der Waals surface area contributed by atoms with Crippen LogP contribution in [0.2, 0.25) is 0 Å². The van der Waals surface area contributed by atoms with E-state index in [0.717, 1.165) is 0 Å². The van der Waals surface area contributed by atoms with Gasteiger partial charge in [0, 0.05) is 0 Å². The lowest BCUT2D eigenvalue weighted by Gasteiger charge is -2.28. The third kappa shape index (κ3) is 6.13. The van der Waals surface area contributed by atoms with Gasteiger partial charge < -0.3 is 19.7 Å². The zero-order valence-electron chi connectivity index (χ0n) is 8.83. The van der Waals surface area contributed by atoms with Crippen molar-refractivity contribution in [2.45, 2.75) is 12.8 Å². The smallest absolute Gasteiger partial charge is 0.304 e. The molecule has 0 rings (SSSR count). The van der Waals surface area contributed by atoms with Crippen LogP contribution in [0.1, 0.15) is 12.8 Å². The monoisotopic (exact) mass is 248 g/mol. The zero-order valence-corrected chi connectivity index (χ0v) is 8.83. The number of aliphatic carboxylic acids is 2. The third-order valence-electron chi connectivity index (χ3n) is 1.97. The van der Waals surface area contributed by atoms with Crippen molar-refractivity contribution in [2.24, 2.45) is 5.41 Å². The van der Waals surface area contributed by atoms with Crippen molar-refractivity contribution in [3.63, 3.8) is 0 Å². The summed E-state index contributed by atoms with van der Waals surface area (Å²) in [5.74, 6) is -2.56. The number of carbonyl (C=O) groups is 4. The maximum atomic E-state index is 10.6. The van der Waals surface area contributed by atoms with E-state index in [9.17, 15) is 19.2 Å². The molecule has 96 valence electrons. The summed E-state index contributed by atoms with van der Waals surface area (Å²) in [7, 11) is 0. The average molecular weight is 248 g/mol. The number of carboxylic acids is 2. The van der Waals surface area contributed by atoms with E-state index in [-0.39, 0.29) is 12.9 Å². The number of ether oxygens (including phenoxy) is 2. The molecule has 17 heavy (non-hydrogen) atoms. The average Bonchev–Trinajstić information content (AvgIpc) is 2.22. The van der Waals surface area contributed by atoms with Crippen LogP contribution in [-0.2, 0) is 28.7 Å². The predicted molar refractivity (Wildman–Crippen MR) is 51.0 cm³/mol. The molecular weight excluding hydrogens is 236 g/mol. The highest BCUT2D eigenvalue weighted by Gasteiger charge is 2.37. The van der Waals surface area contributed by atoms with Gasteiger partial charge in [-0.3, -0.25) is 19.2 Å². The van der Waals surface area contributed by atoms with Gasteiger partial charge in [-0.2, -0.15) is 0 Å². The molecule has 0 heterocycles. The number of carbonyl (C=O) groups excluding carboxylic acids is 2. The molecule has 0 aromatic heterocycles. The van der Waals surface area contributed by atoms with Crippen LogP contribution in [0.5, 0.6) is 0 Å². The number of hydrogen-bond donors (Lipinski definition) is 2. The van der Waals surface area contributed by atoms with Crippen molar-refractivity contribution in [1.29, 1.82) is 0 Å². The normalized spacial score (nSPS) is 10.4. The summed E-state index contributed by atoms with van der Waals surface area (Å²) < 4.78 is 8.79. The molecule has 0 aliphatic heterocycles. The van der Waals surface area contributed by atoms with Gasteiger partial charge in [-0.25, -0.2) is 0 Å². The summed E-state index contributed by atoms with van der Waals surface area (Å²) in [5, 5.41) is 17.4. The van der Waals surface area contributed by atoms with Crippen molar-refractivity contribution in [1.82, 2.24) is 0 Å². The van der Waals surface area contributed by atoms with Crippen molar-refractivity contribution in [2.75, 3.05) is 13.2 Å². The van der Waals surface area contributed by atoms with Crippen molar-refractivity contribution < 1.29 is 38.9 Å². The van der Waals surface area contributed by atoms with Gasteiger partial charge in [0.2, 0.25) is 0 Å². The van der Waals surface area contributed by atoms with E-state index >= 15 is 0 Å². The minimum absolute atomic E-state index is 0.0688. The lowest BCUT2D eigenvalue weighted by molar-refractivity contribution is -0.155. The predicted octanol–water partition coefficient (Wildman–Crippen LogP) is -0.732. The molecule has 2 N–H and O–H groups in total. The fourth-order valence-electron chi connectivity index (χ4n) is 1.37. The summed E-state index contributed by atoms with van der Waals surface area (Å²) in [6.07, 6.45) is -1.19. The Morgan fingerprint density at radius 1 is 0.941 bits per heavy atom. The van der Waals surface area contributed by atoms with E-state index in [1.807, 2.05) is 0 Å². The van der Waals surface area contributed by atoms with Crippen molar-refractivity contribution in [3.8, 4) is 0 Å². The first-order chi connectivity index (χ1) is 7.95. The third-order valence-corrected chi connectivity index (χ3v) is 1.97. The molecule has 0 saturated heterocycles. The number of carboxylic acid groups (broad SMARTS) is 2. The van der Waals surface area contributed by atoms with Gasteiger partial charge in [0.05, 0.1) is 18.3 Å². The Kier molecular flexibility index (Phi) is 6.30. The summed E-state index contributed by atoms with van der Waals surface area (Å²) in [5.41, 5.74) is -1.46. The van der Waals surface area contributed by atoms with Crippen LogP contribution in [0.25, 0.3) is 0 Å². The van der Waals surface area contributed by atoms with Gasteiger partial charge >= 0.3 is 11.9 Å². The Balaban J connectivity index is 4.86. The maximum absolute atomic E-state index is 10.6. The Labute approximate surface area is 96.1 Å². The van der Waals surface area contributed by atoms with Crippen LogP contribution in [-0.4, -0.2) is 48.3 Å². The van der Waals surface area contributed by atoms with E-state index in [1.54, 1.807) is 0 Å². The molecule has 0 radical (unpaired) electrons. The highest BCUT2D eigenvalue weighted by molar-refractivity contribution is 5.72. The van der Waals surface area contributed by atoms with Gasteiger partial charge in [-0.15, -0.1) is 0 Å². The second-order valence-electron chi connectivity index (χ2n) is 3.46. The van der Waals surface area contributed by atoms with Gasteiger partial charge in [0.15, 0.2) is 0 Å². The van der Waals surface area contributed by atoms with Crippen molar-refractivity contribution >= 4 is 24.9 Å². The molecule has 8 nitrogen and oxygen atoms in total. The fourth-order valence-corrected chi connectivity index (χ4v) is 1.37. The standard InChI is InChI=1S/C9H12O8/c10-5-16-3-9(1-7(12)13,2-8(14)15)4-17-6-11/h5-6H,1-4H2,(H,12,13)(H,14,15). The largest absolute Gasteiger partial charge is 0.481 e. The van der Waals surface area contributed by atoms with E-state index < -0.39 is 43.4 Å². The van der Waals surface area contributed by atoms with Gasteiger partial charge in [0.1, 0.15) is 13.2 Å². The van der Waals surface area contributed by atoms with Crippen LogP contribution < -0.4 is 0 Å². The summed E-state index contributed by atoms with van der Waals surface area (Å²) >= 11 is 0. The van der Waals surface area contributed by atoms with E-state index in [4.69, 9.17) is 10.2 Å². The molecule has 8 heteroatoms. The summed E-state index contributed by atoms with van der Waals surface area (Å²) in [4.78, 5) is 41.4. The van der Waals surface area contributed by atoms with Gasteiger partial charge in [-0.1, -0.05) is 0 Å². The van der Waals surface area contributed by atoms with Crippen LogP contribution in [0, 0.1) is 5.41 Å². The van der Waals surface area contributed by atoms with Crippen LogP contribution in [0.4, 0.5) is 0 Å². The molecule has 0 aliphatic carbocycles.